The average molecular weight is 332 g/mol. The molecular formula is C15H6F2N2O3S. The summed E-state index contributed by atoms with van der Waals surface area (Å²) in [7, 11) is 0. The Bertz CT molecular complexity index is 1040. The van der Waals surface area contributed by atoms with Crippen molar-refractivity contribution in [2.75, 3.05) is 0 Å². The maximum Gasteiger partial charge on any atom is 0.290 e. The van der Waals surface area contributed by atoms with Gasteiger partial charge < -0.3 is 4.42 Å². The molecular weight excluding hydrogens is 326 g/mol. The van der Waals surface area contributed by atoms with Gasteiger partial charge >= 0.3 is 0 Å². The van der Waals surface area contributed by atoms with Crippen LogP contribution in [0.4, 0.5) is 13.6 Å². The number of carbonyl (C=O) groups is 2. The number of benzene rings is 1. The van der Waals surface area contributed by atoms with Crippen LogP contribution in [0.5, 0.6) is 0 Å². The third-order valence-corrected chi connectivity index (χ3v) is 4.15. The molecule has 0 saturated carbocycles. The van der Waals surface area contributed by atoms with Crippen molar-refractivity contribution in [1.29, 1.82) is 0 Å². The molecule has 23 heavy (non-hydrogen) atoms. The first kappa shape index (κ1) is 13.9. The first-order valence-corrected chi connectivity index (χ1v) is 7.26. The highest BCUT2D eigenvalue weighted by Gasteiger charge is 2.25. The molecule has 8 heteroatoms. The quantitative estimate of drug-likeness (QED) is 0.690. The van der Waals surface area contributed by atoms with E-state index in [-0.39, 0.29) is 10.4 Å². The van der Waals surface area contributed by atoms with E-state index in [2.05, 4.69) is 10.3 Å². The van der Waals surface area contributed by atoms with Gasteiger partial charge in [0.2, 0.25) is 0 Å². The summed E-state index contributed by atoms with van der Waals surface area (Å²) in [6.45, 7) is 0. The summed E-state index contributed by atoms with van der Waals surface area (Å²) >= 11 is 0.763. The van der Waals surface area contributed by atoms with Gasteiger partial charge in [-0.05, 0) is 30.0 Å². The van der Waals surface area contributed by atoms with Crippen molar-refractivity contribution in [3.8, 4) is 0 Å². The minimum atomic E-state index is -1.04. The van der Waals surface area contributed by atoms with Crippen molar-refractivity contribution >= 4 is 50.9 Å². The van der Waals surface area contributed by atoms with Crippen LogP contribution in [0.1, 0.15) is 5.76 Å². The van der Waals surface area contributed by atoms with Crippen molar-refractivity contribution in [3.05, 3.63) is 46.7 Å². The van der Waals surface area contributed by atoms with Crippen LogP contribution in [0.3, 0.4) is 0 Å². The molecule has 0 unspecified atom stereocenters. The van der Waals surface area contributed by atoms with E-state index in [1.165, 1.54) is 18.3 Å². The van der Waals surface area contributed by atoms with E-state index in [4.69, 9.17) is 4.42 Å². The average Bonchev–Trinajstić information content (AvgIpc) is 3.06. The van der Waals surface area contributed by atoms with Gasteiger partial charge in [-0.15, -0.1) is 0 Å². The van der Waals surface area contributed by atoms with E-state index in [1.54, 1.807) is 6.07 Å². The topological polar surface area (TPSA) is 72.2 Å². The molecule has 1 aliphatic heterocycles. The zero-order chi connectivity index (χ0) is 16.1. The molecule has 3 heterocycles. The fourth-order valence-corrected chi connectivity index (χ4v) is 3.00. The molecule has 4 rings (SSSR count). The van der Waals surface area contributed by atoms with Crippen molar-refractivity contribution in [2.45, 2.75) is 0 Å². The SMILES string of the molecule is O=C1NC(=O)/C(=C/c2cc3cnc4c(F)c(F)ccc4c3o2)S1. The molecule has 2 amide bonds. The van der Waals surface area contributed by atoms with Crippen LogP contribution in [0.2, 0.25) is 0 Å². The number of amides is 2. The third kappa shape index (κ3) is 2.18. The van der Waals surface area contributed by atoms with E-state index >= 15 is 0 Å². The Morgan fingerprint density at radius 2 is 2.09 bits per heavy atom. The van der Waals surface area contributed by atoms with E-state index in [0.29, 0.717) is 22.1 Å². The van der Waals surface area contributed by atoms with Gasteiger partial charge in [0.25, 0.3) is 11.1 Å². The standard InChI is InChI=1S/C15H6F2N2O3S/c16-9-2-1-8-12(11(9)17)18-5-6-3-7(22-13(6)8)4-10-14(20)19-15(21)23-10/h1-5H,(H,19,20,21)/b10-4-. The number of hydrogen-bond acceptors (Lipinski definition) is 5. The number of imide groups is 1. The van der Waals surface area contributed by atoms with Crippen molar-refractivity contribution in [2.24, 2.45) is 0 Å². The molecule has 114 valence electrons. The van der Waals surface area contributed by atoms with Crippen LogP contribution in [0.15, 0.2) is 33.7 Å². The Labute approximate surface area is 131 Å². The maximum atomic E-state index is 13.8. The molecule has 2 aromatic heterocycles. The van der Waals surface area contributed by atoms with Crippen LogP contribution in [0.25, 0.3) is 27.9 Å². The Kier molecular flexibility index (Phi) is 2.95. The second-order valence-electron chi connectivity index (χ2n) is 4.80. The summed E-state index contributed by atoms with van der Waals surface area (Å²) in [5, 5.41) is 2.58. The molecule has 1 fully saturated rings. The summed E-state index contributed by atoms with van der Waals surface area (Å²) in [4.78, 5) is 26.8. The van der Waals surface area contributed by atoms with Gasteiger partial charge in [0.1, 0.15) is 16.9 Å². The van der Waals surface area contributed by atoms with Gasteiger partial charge in [-0.1, -0.05) is 0 Å². The summed E-state index contributed by atoms with van der Waals surface area (Å²) < 4.78 is 32.7. The van der Waals surface area contributed by atoms with Gasteiger partial charge in [0.15, 0.2) is 11.6 Å². The maximum absolute atomic E-state index is 13.8. The molecule has 0 atom stereocenters. The Hall–Kier alpha value is -2.74. The predicted molar refractivity (Wildman–Crippen MR) is 80.5 cm³/mol. The van der Waals surface area contributed by atoms with Crippen molar-refractivity contribution < 1.29 is 22.8 Å². The lowest BCUT2D eigenvalue weighted by molar-refractivity contribution is -0.115. The number of aromatic nitrogens is 1. The number of rotatable bonds is 1. The highest BCUT2D eigenvalue weighted by atomic mass is 32.2. The molecule has 0 bridgehead atoms. The number of carbonyl (C=O) groups excluding carboxylic acids is 2. The van der Waals surface area contributed by atoms with Crippen molar-refractivity contribution in [3.63, 3.8) is 0 Å². The second kappa shape index (κ2) is 4.88. The predicted octanol–water partition coefficient (Wildman–Crippen LogP) is 3.58. The molecule has 5 nitrogen and oxygen atoms in total. The van der Waals surface area contributed by atoms with E-state index in [1.807, 2.05) is 0 Å². The fourth-order valence-electron chi connectivity index (χ4n) is 2.34. The fraction of sp³-hybridized carbons (Fsp3) is 0. The van der Waals surface area contributed by atoms with Crippen LogP contribution < -0.4 is 5.32 Å². The molecule has 3 aromatic rings. The highest BCUT2D eigenvalue weighted by molar-refractivity contribution is 8.18. The number of nitrogens with one attached hydrogen (secondary N) is 1. The first-order valence-electron chi connectivity index (χ1n) is 6.44. The number of fused-ring (bicyclic) bond motifs is 3. The molecule has 1 aromatic carbocycles. The minimum absolute atomic E-state index is 0.130. The summed E-state index contributed by atoms with van der Waals surface area (Å²) in [5.74, 6) is -2.23. The minimum Gasteiger partial charge on any atom is -0.456 e. The monoisotopic (exact) mass is 332 g/mol. The van der Waals surface area contributed by atoms with Gasteiger partial charge in [-0.2, -0.15) is 0 Å². The number of hydrogen-bond donors (Lipinski definition) is 1. The third-order valence-electron chi connectivity index (χ3n) is 3.34. The molecule has 0 radical (unpaired) electrons. The lowest BCUT2D eigenvalue weighted by Gasteiger charge is -1.99. The van der Waals surface area contributed by atoms with Gasteiger partial charge in [0, 0.05) is 23.0 Å². The molecule has 1 saturated heterocycles. The summed E-state index contributed by atoms with van der Waals surface area (Å²) in [5.41, 5.74) is 0.199. The van der Waals surface area contributed by atoms with Gasteiger partial charge in [0.05, 0.1) is 4.91 Å². The van der Waals surface area contributed by atoms with E-state index < -0.39 is 22.8 Å². The number of furan rings is 1. The summed E-state index contributed by atoms with van der Waals surface area (Å²) in [6, 6.07) is 3.98. The van der Waals surface area contributed by atoms with Gasteiger partial charge in [-0.25, -0.2) is 8.78 Å². The van der Waals surface area contributed by atoms with E-state index in [0.717, 1.165) is 17.8 Å². The lowest BCUT2D eigenvalue weighted by Crippen LogP contribution is -2.17. The largest absolute Gasteiger partial charge is 0.456 e. The van der Waals surface area contributed by atoms with Crippen LogP contribution in [-0.2, 0) is 4.79 Å². The highest BCUT2D eigenvalue weighted by Crippen LogP contribution is 2.31. The van der Waals surface area contributed by atoms with Crippen LogP contribution in [-0.4, -0.2) is 16.1 Å². The van der Waals surface area contributed by atoms with Gasteiger partial charge in [-0.3, -0.25) is 19.9 Å². The molecule has 0 spiro atoms. The molecule has 1 N–H and O–H groups in total. The Morgan fingerprint density at radius 3 is 2.83 bits per heavy atom. The molecule has 0 aliphatic carbocycles. The number of halogens is 2. The normalized spacial score (nSPS) is 16.7. The Balaban J connectivity index is 1.90. The van der Waals surface area contributed by atoms with Crippen LogP contribution >= 0.6 is 11.8 Å². The first-order chi connectivity index (χ1) is 11.0. The zero-order valence-electron chi connectivity index (χ0n) is 11.2. The van der Waals surface area contributed by atoms with E-state index in [9.17, 15) is 18.4 Å². The smallest absolute Gasteiger partial charge is 0.290 e. The summed E-state index contributed by atoms with van der Waals surface area (Å²) in [6.07, 6.45) is 2.77. The number of thioether (sulfide) groups is 1. The number of nitrogens with zero attached hydrogens (tertiary/aromatic N) is 1. The Morgan fingerprint density at radius 1 is 1.26 bits per heavy atom. The van der Waals surface area contributed by atoms with Crippen LogP contribution in [0, 0.1) is 11.6 Å². The van der Waals surface area contributed by atoms with Crippen molar-refractivity contribution in [1.82, 2.24) is 10.3 Å². The second-order valence-corrected chi connectivity index (χ2v) is 5.82. The zero-order valence-corrected chi connectivity index (χ0v) is 12.0. The molecule has 1 aliphatic rings. The number of pyridine rings is 1. The lowest BCUT2D eigenvalue weighted by atomic mass is 10.1.